The molecule has 0 aromatic heterocycles. The molecular weight excluding hydrogens is 316 g/mol. The average Bonchev–Trinajstić information content (AvgIpc) is 2.37. The maximum Gasteiger partial charge on any atom is 0.120 e. The molecular formula is C16H27BrN2O. The van der Waals surface area contributed by atoms with Crippen molar-refractivity contribution in [3.63, 3.8) is 0 Å². The molecule has 20 heavy (non-hydrogen) atoms. The third-order valence-electron chi connectivity index (χ3n) is 3.56. The van der Waals surface area contributed by atoms with Gasteiger partial charge in [-0.2, -0.15) is 0 Å². The van der Waals surface area contributed by atoms with E-state index in [0.717, 1.165) is 23.0 Å². The van der Waals surface area contributed by atoms with Crippen molar-refractivity contribution < 1.29 is 5.11 Å². The molecule has 4 heteroatoms. The molecule has 0 amide bonds. The minimum atomic E-state index is 0.167. The summed E-state index contributed by atoms with van der Waals surface area (Å²) in [7, 11) is 4.18. The predicted octanol–water partition coefficient (Wildman–Crippen LogP) is 3.78. The van der Waals surface area contributed by atoms with Crippen molar-refractivity contribution in [3.05, 3.63) is 28.2 Å². The van der Waals surface area contributed by atoms with Crippen LogP contribution >= 0.6 is 15.9 Å². The van der Waals surface area contributed by atoms with Gasteiger partial charge in [0.2, 0.25) is 0 Å². The van der Waals surface area contributed by atoms with E-state index in [9.17, 15) is 5.11 Å². The molecule has 114 valence electrons. The lowest BCUT2D eigenvalue weighted by atomic mass is 9.98. The van der Waals surface area contributed by atoms with Crippen LogP contribution in [0, 0.1) is 5.92 Å². The summed E-state index contributed by atoms with van der Waals surface area (Å²) in [4.78, 5) is 2.20. The van der Waals surface area contributed by atoms with Crippen molar-refractivity contribution in [2.24, 2.45) is 5.92 Å². The zero-order valence-corrected chi connectivity index (χ0v) is 14.7. The summed E-state index contributed by atoms with van der Waals surface area (Å²) in [5.41, 5.74) is 0.964. The van der Waals surface area contributed by atoms with Gasteiger partial charge in [-0.05, 0) is 44.6 Å². The molecule has 0 aliphatic carbocycles. The highest BCUT2D eigenvalue weighted by molar-refractivity contribution is 9.10. The molecule has 3 nitrogen and oxygen atoms in total. The van der Waals surface area contributed by atoms with Crippen LogP contribution < -0.4 is 5.32 Å². The second-order valence-electron chi connectivity index (χ2n) is 5.94. The number of likely N-dealkylation sites (N-methyl/N-ethyl adjacent to an activating group) is 1. The largest absolute Gasteiger partial charge is 0.508 e. The minimum Gasteiger partial charge on any atom is -0.508 e. The summed E-state index contributed by atoms with van der Waals surface area (Å²) in [6.07, 6.45) is 0.945. The Morgan fingerprint density at radius 3 is 2.45 bits per heavy atom. The van der Waals surface area contributed by atoms with Gasteiger partial charge in [-0.3, -0.25) is 0 Å². The second-order valence-corrected chi connectivity index (χ2v) is 6.86. The highest BCUT2D eigenvalue weighted by atomic mass is 79.9. The van der Waals surface area contributed by atoms with Gasteiger partial charge in [0.1, 0.15) is 5.75 Å². The Bertz CT molecular complexity index is 421. The topological polar surface area (TPSA) is 35.5 Å². The van der Waals surface area contributed by atoms with Crippen LogP contribution in [0.1, 0.15) is 38.8 Å². The van der Waals surface area contributed by atoms with Crippen LogP contribution in [0.3, 0.4) is 0 Å². The molecule has 2 unspecified atom stereocenters. The van der Waals surface area contributed by atoms with Crippen molar-refractivity contribution in [1.82, 2.24) is 10.2 Å². The lowest BCUT2D eigenvalue weighted by molar-refractivity contribution is 0.265. The maximum atomic E-state index is 10.1. The highest BCUT2D eigenvalue weighted by Gasteiger charge is 2.21. The molecule has 1 rings (SSSR count). The van der Waals surface area contributed by atoms with Crippen molar-refractivity contribution >= 4 is 15.9 Å². The standard InChI is InChI=1S/C16H27BrN2O/c1-6-14(13-9-12(17)7-8-16(13)20)18-15(11(2)3)10-19(4)5/h7-9,11,14-15,18,20H,6,10H2,1-5H3. The normalized spacial score (nSPS) is 14.8. The molecule has 0 aliphatic rings. The van der Waals surface area contributed by atoms with Gasteiger partial charge in [0.25, 0.3) is 0 Å². The van der Waals surface area contributed by atoms with E-state index in [-0.39, 0.29) is 6.04 Å². The Kier molecular flexibility index (Phi) is 7.00. The molecule has 0 radical (unpaired) electrons. The van der Waals surface area contributed by atoms with E-state index in [1.807, 2.05) is 12.1 Å². The number of nitrogens with zero attached hydrogens (tertiary/aromatic N) is 1. The van der Waals surface area contributed by atoms with Crippen LogP contribution in [0.4, 0.5) is 0 Å². The Morgan fingerprint density at radius 2 is 1.95 bits per heavy atom. The van der Waals surface area contributed by atoms with Crippen LogP contribution in [0.25, 0.3) is 0 Å². The monoisotopic (exact) mass is 342 g/mol. The minimum absolute atomic E-state index is 0.167. The number of hydrogen-bond donors (Lipinski definition) is 2. The first-order chi connectivity index (χ1) is 9.35. The van der Waals surface area contributed by atoms with E-state index in [0.29, 0.717) is 17.7 Å². The first-order valence-corrected chi connectivity index (χ1v) is 8.03. The van der Waals surface area contributed by atoms with Crippen molar-refractivity contribution in [2.45, 2.75) is 39.3 Å². The molecule has 1 aromatic carbocycles. The quantitative estimate of drug-likeness (QED) is 0.791. The SMILES string of the molecule is CCC(NC(CN(C)C)C(C)C)c1cc(Br)ccc1O. The van der Waals surface area contributed by atoms with Gasteiger partial charge in [-0.1, -0.05) is 36.7 Å². The maximum absolute atomic E-state index is 10.1. The van der Waals surface area contributed by atoms with Gasteiger partial charge in [-0.15, -0.1) is 0 Å². The first-order valence-electron chi connectivity index (χ1n) is 7.24. The number of rotatable bonds is 7. The Balaban J connectivity index is 2.91. The third-order valence-corrected chi connectivity index (χ3v) is 4.05. The zero-order chi connectivity index (χ0) is 15.3. The molecule has 0 spiro atoms. The average molecular weight is 343 g/mol. The molecule has 0 fully saturated rings. The van der Waals surface area contributed by atoms with E-state index in [1.165, 1.54) is 0 Å². The molecule has 1 aromatic rings. The van der Waals surface area contributed by atoms with E-state index >= 15 is 0 Å². The van der Waals surface area contributed by atoms with Gasteiger partial charge in [-0.25, -0.2) is 0 Å². The van der Waals surface area contributed by atoms with Crippen molar-refractivity contribution in [3.8, 4) is 5.75 Å². The van der Waals surface area contributed by atoms with Gasteiger partial charge in [0.05, 0.1) is 0 Å². The number of phenolic OH excluding ortho intramolecular Hbond substituents is 1. The number of nitrogens with one attached hydrogen (secondary N) is 1. The summed E-state index contributed by atoms with van der Waals surface area (Å²) < 4.78 is 0.999. The Morgan fingerprint density at radius 1 is 1.30 bits per heavy atom. The van der Waals surface area contributed by atoms with Gasteiger partial charge >= 0.3 is 0 Å². The fraction of sp³-hybridized carbons (Fsp3) is 0.625. The highest BCUT2D eigenvalue weighted by Crippen LogP contribution is 2.30. The molecule has 0 bridgehead atoms. The number of phenols is 1. The molecule has 0 saturated heterocycles. The van der Waals surface area contributed by atoms with Gasteiger partial charge < -0.3 is 15.3 Å². The lowest BCUT2D eigenvalue weighted by Crippen LogP contribution is -2.43. The summed E-state index contributed by atoms with van der Waals surface area (Å²) >= 11 is 3.48. The lowest BCUT2D eigenvalue weighted by Gasteiger charge is -2.30. The van der Waals surface area contributed by atoms with E-state index in [4.69, 9.17) is 0 Å². The first kappa shape index (κ1) is 17.5. The van der Waals surface area contributed by atoms with Crippen LogP contribution in [0.2, 0.25) is 0 Å². The molecule has 2 atom stereocenters. The van der Waals surface area contributed by atoms with Crippen molar-refractivity contribution in [2.75, 3.05) is 20.6 Å². The number of hydrogen-bond acceptors (Lipinski definition) is 3. The second kappa shape index (κ2) is 8.01. The van der Waals surface area contributed by atoms with Gasteiger partial charge in [0.15, 0.2) is 0 Å². The number of benzene rings is 1. The van der Waals surface area contributed by atoms with Crippen LogP contribution in [-0.4, -0.2) is 36.7 Å². The third kappa shape index (κ3) is 5.08. The molecule has 0 aliphatic heterocycles. The molecule has 0 saturated carbocycles. The van der Waals surface area contributed by atoms with E-state index in [1.54, 1.807) is 6.07 Å². The number of halogens is 1. The van der Waals surface area contributed by atoms with Crippen LogP contribution in [0.15, 0.2) is 22.7 Å². The van der Waals surface area contributed by atoms with Crippen LogP contribution in [-0.2, 0) is 0 Å². The van der Waals surface area contributed by atoms with Gasteiger partial charge in [0, 0.05) is 28.7 Å². The summed E-state index contributed by atoms with van der Waals surface area (Å²) in [5, 5.41) is 13.8. The fourth-order valence-corrected chi connectivity index (χ4v) is 2.72. The fourth-order valence-electron chi connectivity index (χ4n) is 2.34. The van der Waals surface area contributed by atoms with E-state index < -0.39 is 0 Å². The molecule has 2 N–H and O–H groups in total. The smallest absolute Gasteiger partial charge is 0.120 e. The Hall–Kier alpha value is -0.580. The summed E-state index contributed by atoms with van der Waals surface area (Å²) in [6.45, 7) is 7.59. The van der Waals surface area contributed by atoms with E-state index in [2.05, 4.69) is 61.0 Å². The summed E-state index contributed by atoms with van der Waals surface area (Å²) in [6, 6.07) is 6.18. The summed E-state index contributed by atoms with van der Waals surface area (Å²) in [5.74, 6) is 0.903. The van der Waals surface area contributed by atoms with Crippen molar-refractivity contribution in [1.29, 1.82) is 0 Å². The Labute approximate surface area is 131 Å². The number of aromatic hydroxyl groups is 1. The van der Waals surface area contributed by atoms with Crippen LogP contribution in [0.5, 0.6) is 5.75 Å². The molecule has 0 heterocycles. The zero-order valence-electron chi connectivity index (χ0n) is 13.2. The predicted molar refractivity (Wildman–Crippen MR) is 89.2 cm³/mol.